The summed E-state index contributed by atoms with van der Waals surface area (Å²) < 4.78 is 0. The predicted molar refractivity (Wildman–Crippen MR) is 49.6 cm³/mol. The molecule has 0 saturated heterocycles. The van der Waals surface area contributed by atoms with Gasteiger partial charge in [-0.1, -0.05) is 0 Å². The number of hydrogen-bond donors (Lipinski definition) is 12. The second-order valence-corrected chi connectivity index (χ2v) is 1.39. The SMILES string of the molecule is OB(O)O.OB(O)O.OB(O)O.OB(O)O.[Lu]. The molecule has 0 amide bonds. The van der Waals surface area contributed by atoms with Crippen LogP contribution in [0.4, 0.5) is 0 Å². The van der Waals surface area contributed by atoms with Crippen LogP contribution in [0.1, 0.15) is 0 Å². The molecular formula is H12B4LuO12. The van der Waals surface area contributed by atoms with Crippen molar-refractivity contribution in [2.45, 2.75) is 0 Å². The van der Waals surface area contributed by atoms with Gasteiger partial charge in [-0.05, 0) is 0 Å². The van der Waals surface area contributed by atoms with Crippen LogP contribution in [0.25, 0.3) is 0 Å². The minimum absolute atomic E-state index is 0. The van der Waals surface area contributed by atoms with Crippen molar-refractivity contribution >= 4 is 29.3 Å². The van der Waals surface area contributed by atoms with Crippen molar-refractivity contribution in [3.63, 3.8) is 0 Å². The minimum Gasteiger partial charge on any atom is -0.402 e. The van der Waals surface area contributed by atoms with Gasteiger partial charge >= 0.3 is 29.3 Å². The molecule has 1 radical (unpaired) electrons. The van der Waals surface area contributed by atoms with E-state index in [2.05, 4.69) is 0 Å². The molecule has 0 aromatic heterocycles. The Balaban J connectivity index is -0.0000000369. The van der Waals surface area contributed by atoms with E-state index in [-0.39, 0.29) is 36.9 Å². The predicted octanol–water partition coefficient (Wildman–Crippen LogP) is -8.21. The van der Waals surface area contributed by atoms with Crippen LogP contribution in [-0.4, -0.2) is 89.6 Å². The quantitative estimate of drug-likeness (QED) is 0.163. The van der Waals surface area contributed by atoms with Crippen LogP contribution in [0.2, 0.25) is 0 Å². The summed E-state index contributed by atoms with van der Waals surface area (Å²) in [5.41, 5.74) is 0. The molecule has 0 aliphatic rings. The Morgan fingerprint density at radius 2 is 0.294 bits per heavy atom. The maximum absolute atomic E-state index is 7.17. The van der Waals surface area contributed by atoms with Crippen molar-refractivity contribution in [1.82, 2.24) is 0 Å². The first-order valence-corrected chi connectivity index (χ1v) is 3.10. The van der Waals surface area contributed by atoms with E-state index in [1.807, 2.05) is 0 Å². The van der Waals surface area contributed by atoms with Crippen molar-refractivity contribution in [2.75, 3.05) is 0 Å². The normalized spacial score (nSPS) is 6.35. The molecule has 12 N–H and O–H groups in total. The summed E-state index contributed by atoms with van der Waals surface area (Å²) in [5.74, 6) is 0. The molecule has 0 aliphatic carbocycles. The smallest absolute Gasteiger partial charge is 0.402 e. The summed E-state index contributed by atoms with van der Waals surface area (Å²) in [4.78, 5) is 0. The van der Waals surface area contributed by atoms with Crippen LogP contribution in [0.3, 0.4) is 0 Å². The van der Waals surface area contributed by atoms with Gasteiger partial charge < -0.3 is 60.3 Å². The van der Waals surface area contributed by atoms with Crippen molar-refractivity contribution < 1.29 is 97.2 Å². The van der Waals surface area contributed by atoms with Gasteiger partial charge in [-0.3, -0.25) is 0 Å². The van der Waals surface area contributed by atoms with Gasteiger partial charge in [-0.15, -0.1) is 0 Å². The van der Waals surface area contributed by atoms with E-state index in [9.17, 15) is 0 Å². The summed E-state index contributed by atoms with van der Waals surface area (Å²) in [6.45, 7) is 0. The van der Waals surface area contributed by atoms with Crippen LogP contribution in [-0.2, 0) is 0 Å². The first-order chi connectivity index (χ1) is 6.93. The third-order valence-electron chi connectivity index (χ3n) is 0. The molecule has 0 fully saturated rings. The van der Waals surface area contributed by atoms with Gasteiger partial charge in [0.05, 0.1) is 0 Å². The fraction of sp³-hybridized carbons (Fsp3) is 0. The topological polar surface area (TPSA) is 243 Å². The molecule has 0 aromatic rings. The van der Waals surface area contributed by atoms with Gasteiger partial charge in [-0.2, -0.15) is 0 Å². The fourth-order valence-electron chi connectivity index (χ4n) is 0. The summed E-state index contributed by atoms with van der Waals surface area (Å²) >= 11 is 0. The molecule has 0 aliphatic heterocycles. The molecule has 0 heterocycles. The van der Waals surface area contributed by atoms with Crippen LogP contribution in [0, 0.1) is 36.9 Å². The minimum atomic E-state index is -2.17. The van der Waals surface area contributed by atoms with Crippen LogP contribution in [0.5, 0.6) is 0 Å². The molecule has 12 nitrogen and oxygen atoms in total. The zero-order valence-electron chi connectivity index (χ0n) is 7.93. The first kappa shape index (κ1) is 30.8. The van der Waals surface area contributed by atoms with Gasteiger partial charge in [0.15, 0.2) is 0 Å². The van der Waals surface area contributed by atoms with E-state index in [1.165, 1.54) is 0 Å². The molecule has 0 unspecified atom stereocenters. The zero-order valence-corrected chi connectivity index (χ0v) is 9.59. The standard InChI is InChI=1S/4BH3O3.Lu/c4*2-1(3)4;/h4*2-4H;. The third kappa shape index (κ3) is 3730. The molecule has 0 atom stereocenters. The van der Waals surface area contributed by atoms with Gasteiger partial charge in [0.2, 0.25) is 0 Å². The first-order valence-electron chi connectivity index (χ1n) is 3.10. The average molecular weight is 422 g/mol. The molecule has 111 valence electrons. The Labute approximate surface area is 126 Å². The zero-order chi connectivity index (χ0) is 14.3. The number of hydrogen-bond acceptors (Lipinski definition) is 12. The van der Waals surface area contributed by atoms with Gasteiger partial charge in [0.1, 0.15) is 0 Å². The van der Waals surface area contributed by atoms with E-state index in [4.69, 9.17) is 60.3 Å². The van der Waals surface area contributed by atoms with Crippen molar-refractivity contribution in [2.24, 2.45) is 0 Å². The molecule has 0 saturated carbocycles. The van der Waals surface area contributed by atoms with E-state index in [0.29, 0.717) is 0 Å². The molecule has 17 heteroatoms. The van der Waals surface area contributed by atoms with E-state index in [0.717, 1.165) is 0 Å². The van der Waals surface area contributed by atoms with Crippen LogP contribution in [0.15, 0.2) is 0 Å². The Hall–Kier alpha value is 1.01. The monoisotopic (exact) mass is 423 g/mol. The van der Waals surface area contributed by atoms with E-state index >= 15 is 0 Å². The maximum atomic E-state index is 7.17. The fourth-order valence-corrected chi connectivity index (χ4v) is 0. The van der Waals surface area contributed by atoms with E-state index in [1.54, 1.807) is 0 Å². The molecule has 0 aromatic carbocycles. The molecule has 0 rings (SSSR count). The van der Waals surface area contributed by atoms with E-state index < -0.39 is 29.3 Å². The summed E-state index contributed by atoms with van der Waals surface area (Å²) in [5, 5.41) is 86.0. The van der Waals surface area contributed by atoms with Crippen molar-refractivity contribution in [3.05, 3.63) is 0 Å². The van der Waals surface area contributed by atoms with Gasteiger partial charge in [0.25, 0.3) is 0 Å². The van der Waals surface area contributed by atoms with Crippen LogP contribution >= 0.6 is 0 Å². The molecule has 17 heavy (non-hydrogen) atoms. The summed E-state index contributed by atoms with van der Waals surface area (Å²) in [7, 11) is -8.67. The second-order valence-electron chi connectivity index (χ2n) is 1.39. The van der Waals surface area contributed by atoms with Crippen LogP contribution < -0.4 is 0 Å². The van der Waals surface area contributed by atoms with Gasteiger partial charge in [-0.25, -0.2) is 0 Å². The number of rotatable bonds is 0. The largest absolute Gasteiger partial charge is 0.631 e. The summed E-state index contributed by atoms with van der Waals surface area (Å²) in [6.07, 6.45) is 0. The third-order valence-corrected chi connectivity index (χ3v) is 0. The Morgan fingerprint density at radius 3 is 0.294 bits per heavy atom. The Morgan fingerprint density at radius 1 is 0.294 bits per heavy atom. The van der Waals surface area contributed by atoms with Crippen molar-refractivity contribution in [3.8, 4) is 0 Å². The average Bonchev–Trinajstić information content (AvgIpc) is 1.76. The maximum Gasteiger partial charge on any atom is 0.631 e. The summed E-state index contributed by atoms with van der Waals surface area (Å²) in [6, 6.07) is 0. The molecule has 0 bridgehead atoms. The second kappa shape index (κ2) is 25.8. The van der Waals surface area contributed by atoms with Gasteiger partial charge in [0, 0.05) is 36.9 Å². The van der Waals surface area contributed by atoms with Crippen molar-refractivity contribution in [1.29, 1.82) is 0 Å². The Kier molecular flexibility index (Phi) is 46.7. The Bertz CT molecular complexity index is 61.5. The molecule has 0 spiro atoms. The molecular weight excluding hydrogens is 410 g/mol.